The van der Waals surface area contributed by atoms with Crippen LogP contribution in [0.1, 0.15) is 32.3 Å². The number of benzene rings is 1. The van der Waals surface area contributed by atoms with E-state index in [1.807, 2.05) is 26.0 Å². The molecule has 0 spiro atoms. The van der Waals surface area contributed by atoms with Crippen LogP contribution in [0.4, 0.5) is 5.69 Å². The number of anilines is 1. The summed E-state index contributed by atoms with van der Waals surface area (Å²) < 4.78 is 0. The molecule has 110 valence electrons. The fourth-order valence-corrected chi connectivity index (χ4v) is 1.90. The van der Waals surface area contributed by atoms with Crippen molar-refractivity contribution in [2.24, 2.45) is 5.92 Å². The van der Waals surface area contributed by atoms with E-state index in [-0.39, 0.29) is 18.2 Å². The Morgan fingerprint density at radius 1 is 1.25 bits per heavy atom. The maximum atomic E-state index is 11.8. The zero-order chi connectivity index (χ0) is 15.1. The van der Waals surface area contributed by atoms with Crippen molar-refractivity contribution in [3.05, 3.63) is 29.8 Å². The summed E-state index contributed by atoms with van der Waals surface area (Å²) in [4.78, 5) is 22.8. The topological polar surface area (TPSA) is 92.4 Å². The first-order chi connectivity index (χ1) is 9.38. The molecule has 0 bridgehead atoms. The average Bonchev–Trinajstić information content (AvgIpc) is 2.36. The summed E-state index contributed by atoms with van der Waals surface area (Å²) in [6.45, 7) is 3.85. The van der Waals surface area contributed by atoms with Crippen molar-refractivity contribution >= 4 is 17.6 Å². The van der Waals surface area contributed by atoms with Crippen molar-refractivity contribution in [2.75, 3.05) is 5.73 Å². The van der Waals surface area contributed by atoms with Gasteiger partial charge in [-0.15, -0.1) is 0 Å². The van der Waals surface area contributed by atoms with Gasteiger partial charge in [0.1, 0.15) is 6.04 Å². The molecule has 1 aromatic carbocycles. The third kappa shape index (κ3) is 5.73. The van der Waals surface area contributed by atoms with Crippen LogP contribution in [0.25, 0.3) is 0 Å². The van der Waals surface area contributed by atoms with Crippen LogP contribution in [0.5, 0.6) is 0 Å². The molecule has 0 fully saturated rings. The van der Waals surface area contributed by atoms with E-state index in [1.165, 1.54) is 0 Å². The third-order valence-electron chi connectivity index (χ3n) is 2.96. The summed E-state index contributed by atoms with van der Waals surface area (Å²) in [6.07, 6.45) is 1.27. The second kappa shape index (κ2) is 7.53. The van der Waals surface area contributed by atoms with Crippen LogP contribution in [-0.2, 0) is 16.0 Å². The number of aliphatic carboxylic acids is 1. The molecule has 0 aliphatic rings. The van der Waals surface area contributed by atoms with E-state index in [9.17, 15) is 9.59 Å². The molecular weight excluding hydrogens is 256 g/mol. The number of aryl methyl sites for hydroxylation is 1. The molecule has 0 aliphatic heterocycles. The Morgan fingerprint density at radius 2 is 1.85 bits per heavy atom. The lowest BCUT2D eigenvalue weighted by Crippen LogP contribution is -2.41. The number of carbonyl (C=O) groups excluding carboxylic acids is 1. The van der Waals surface area contributed by atoms with E-state index in [1.54, 1.807) is 12.1 Å². The van der Waals surface area contributed by atoms with Gasteiger partial charge in [-0.2, -0.15) is 0 Å². The van der Waals surface area contributed by atoms with Gasteiger partial charge in [-0.3, -0.25) is 4.79 Å². The van der Waals surface area contributed by atoms with E-state index >= 15 is 0 Å². The second-order valence-electron chi connectivity index (χ2n) is 5.33. The predicted octanol–water partition coefficient (Wildman–Crippen LogP) is 1.82. The van der Waals surface area contributed by atoms with Crippen molar-refractivity contribution in [3.8, 4) is 0 Å². The number of amides is 1. The minimum Gasteiger partial charge on any atom is -0.480 e. The van der Waals surface area contributed by atoms with Crippen LogP contribution in [0.2, 0.25) is 0 Å². The number of rotatable bonds is 7. The summed E-state index contributed by atoms with van der Waals surface area (Å²) in [5, 5.41) is 11.6. The number of nitrogens with one attached hydrogen (secondary N) is 1. The molecule has 5 nitrogen and oxygen atoms in total. The van der Waals surface area contributed by atoms with Crippen LogP contribution in [0.3, 0.4) is 0 Å². The summed E-state index contributed by atoms with van der Waals surface area (Å²) >= 11 is 0. The molecule has 1 aromatic rings. The lowest BCUT2D eigenvalue weighted by molar-refractivity contribution is -0.142. The Balaban J connectivity index is 2.45. The van der Waals surface area contributed by atoms with Crippen molar-refractivity contribution in [1.29, 1.82) is 0 Å². The van der Waals surface area contributed by atoms with Crippen LogP contribution in [0.15, 0.2) is 24.3 Å². The Hall–Kier alpha value is -2.04. The second-order valence-corrected chi connectivity index (χ2v) is 5.33. The first-order valence-electron chi connectivity index (χ1n) is 6.75. The van der Waals surface area contributed by atoms with Gasteiger partial charge in [0.05, 0.1) is 0 Å². The SMILES string of the molecule is CC(C)C[C@@H](NC(=O)CCc1ccc(N)cc1)C(=O)O. The molecule has 20 heavy (non-hydrogen) atoms. The highest BCUT2D eigenvalue weighted by atomic mass is 16.4. The number of hydrogen-bond acceptors (Lipinski definition) is 3. The number of carboxylic acids is 1. The molecule has 1 amide bonds. The van der Waals surface area contributed by atoms with Crippen molar-refractivity contribution in [3.63, 3.8) is 0 Å². The lowest BCUT2D eigenvalue weighted by Gasteiger charge is -2.16. The fraction of sp³-hybridized carbons (Fsp3) is 0.467. The summed E-state index contributed by atoms with van der Waals surface area (Å²) in [5.41, 5.74) is 7.27. The van der Waals surface area contributed by atoms with Crippen LogP contribution >= 0.6 is 0 Å². The van der Waals surface area contributed by atoms with Gasteiger partial charge in [0.25, 0.3) is 0 Å². The molecule has 1 rings (SSSR count). The highest BCUT2D eigenvalue weighted by molar-refractivity contribution is 5.83. The Bertz CT molecular complexity index is 455. The maximum Gasteiger partial charge on any atom is 0.326 e. The van der Waals surface area contributed by atoms with E-state index in [0.717, 1.165) is 5.56 Å². The molecule has 0 aliphatic carbocycles. The first kappa shape index (κ1) is 16.0. The van der Waals surface area contributed by atoms with E-state index < -0.39 is 12.0 Å². The normalized spacial score (nSPS) is 12.2. The van der Waals surface area contributed by atoms with Crippen LogP contribution < -0.4 is 11.1 Å². The molecule has 0 radical (unpaired) electrons. The first-order valence-corrected chi connectivity index (χ1v) is 6.75. The molecule has 4 N–H and O–H groups in total. The van der Waals surface area contributed by atoms with Gasteiger partial charge in [0.15, 0.2) is 0 Å². The zero-order valence-corrected chi connectivity index (χ0v) is 11.9. The van der Waals surface area contributed by atoms with Crippen molar-refractivity contribution < 1.29 is 14.7 Å². The standard InChI is InChI=1S/C15H22N2O3/c1-10(2)9-13(15(19)20)17-14(18)8-5-11-3-6-12(16)7-4-11/h3-4,6-7,10,13H,5,8-9,16H2,1-2H3,(H,17,18)(H,19,20)/t13-/m1/s1. The molecule has 5 heteroatoms. The van der Waals surface area contributed by atoms with E-state index in [4.69, 9.17) is 10.8 Å². The van der Waals surface area contributed by atoms with E-state index in [0.29, 0.717) is 18.5 Å². The molecule has 0 unspecified atom stereocenters. The molecular formula is C15H22N2O3. The van der Waals surface area contributed by atoms with Crippen molar-refractivity contribution in [1.82, 2.24) is 5.32 Å². The summed E-state index contributed by atoms with van der Waals surface area (Å²) in [6, 6.07) is 6.49. The van der Waals surface area contributed by atoms with Crippen LogP contribution in [0, 0.1) is 5.92 Å². The van der Waals surface area contributed by atoms with Gasteiger partial charge in [-0.1, -0.05) is 26.0 Å². The Kier molecular flexibility index (Phi) is 6.03. The number of hydrogen-bond donors (Lipinski definition) is 3. The predicted molar refractivity (Wildman–Crippen MR) is 78.2 cm³/mol. The summed E-state index contributed by atoms with van der Waals surface area (Å²) in [7, 11) is 0. The number of carbonyl (C=O) groups is 2. The van der Waals surface area contributed by atoms with Crippen LogP contribution in [-0.4, -0.2) is 23.0 Å². The lowest BCUT2D eigenvalue weighted by atomic mass is 10.0. The van der Waals surface area contributed by atoms with Gasteiger partial charge in [0, 0.05) is 12.1 Å². The molecule has 1 atom stereocenters. The zero-order valence-electron chi connectivity index (χ0n) is 11.9. The third-order valence-corrected chi connectivity index (χ3v) is 2.96. The Morgan fingerprint density at radius 3 is 2.35 bits per heavy atom. The molecule has 0 aromatic heterocycles. The van der Waals surface area contributed by atoms with Gasteiger partial charge in [0.2, 0.25) is 5.91 Å². The maximum absolute atomic E-state index is 11.8. The quantitative estimate of drug-likeness (QED) is 0.663. The molecule has 0 heterocycles. The number of carboxylic acid groups (broad SMARTS) is 1. The van der Waals surface area contributed by atoms with E-state index in [2.05, 4.69) is 5.32 Å². The monoisotopic (exact) mass is 278 g/mol. The van der Waals surface area contributed by atoms with Gasteiger partial charge in [-0.05, 0) is 36.5 Å². The van der Waals surface area contributed by atoms with Gasteiger partial charge in [-0.25, -0.2) is 4.79 Å². The number of nitrogen functional groups attached to an aromatic ring is 1. The fourth-order valence-electron chi connectivity index (χ4n) is 1.90. The molecule has 0 saturated carbocycles. The highest BCUT2D eigenvalue weighted by Crippen LogP contribution is 2.09. The summed E-state index contributed by atoms with van der Waals surface area (Å²) in [5.74, 6) is -1.01. The minimum atomic E-state index is -0.987. The smallest absolute Gasteiger partial charge is 0.326 e. The highest BCUT2D eigenvalue weighted by Gasteiger charge is 2.20. The average molecular weight is 278 g/mol. The van der Waals surface area contributed by atoms with Crippen molar-refractivity contribution in [2.45, 2.75) is 39.2 Å². The van der Waals surface area contributed by atoms with Gasteiger partial charge >= 0.3 is 5.97 Å². The minimum absolute atomic E-state index is 0.216. The number of nitrogens with two attached hydrogens (primary N) is 1. The molecule has 0 saturated heterocycles. The van der Waals surface area contributed by atoms with Gasteiger partial charge < -0.3 is 16.2 Å². The Labute approximate surface area is 119 Å². The largest absolute Gasteiger partial charge is 0.480 e.